The van der Waals surface area contributed by atoms with Crippen LogP contribution in [0.1, 0.15) is 0 Å². The van der Waals surface area contributed by atoms with Gasteiger partial charge in [0, 0.05) is 18.0 Å². The smallest absolute Gasteiger partial charge is 0.0346 e. The molecule has 0 saturated carbocycles. The Labute approximate surface area is 94.7 Å². The summed E-state index contributed by atoms with van der Waals surface area (Å²) < 4.78 is 0. The number of hydrogen-bond acceptors (Lipinski definition) is 1. The first kappa shape index (κ1) is 9.10. The Bertz CT molecular complexity index is 572. The molecule has 0 radical (unpaired) electrons. The number of nitrogens with zero attached hydrogens (tertiary/aromatic N) is 1. The number of rotatable bonds is 1. The largest absolute Gasteiger partial charge is 0.264 e. The topological polar surface area (TPSA) is 12.9 Å². The highest BCUT2D eigenvalue weighted by Gasteiger charge is 2.08. The quantitative estimate of drug-likeness (QED) is 0.588. The molecule has 1 aromatic rings. The molecule has 2 aliphatic rings. The second-order valence-electron chi connectivity index (χ2n) is 3.77. The average molecular weight is 205 g/mol. The highest BCUT2D eigenvalue weighted by Crippen LogP contribution is 2.34. The van der Waals surface area contributed by atoms with Crippen molar-refractivity contribution in [3.05, 3.63) is 67.0 Å². The first-order valence-electron chi connectivity index (χ1n) is 5.33. The van der Waals surface area contributed by atoms with Crippen molar-refractivity contribution in [3.63, 3.8) is 0 Å². The van der Waals surface area contributed by atoms with Crippen molar-refractivity contribution in [1.82, 2.24) is 4.98 Å². The molecule has 3 rings (SSSR count). The van der Waals surface area contributed by atoms with Gasteiger partial charge in [-0.05, 0) is 22.8 Å². The third-order valence-electron chi connectivity index (χ3n) is 2.76. The first-order valence-corrected chi connectivity index (χ1v) is 5.33. The van der Waals surface area contributed by atoms with Gasteiger partial charge in [-0.1, -0.05) is 48.5 Å². The van der Waals surface area contributed by atoms with Crippen LogP contribution >= 0.6 is 0 Å². The van der Waals surface area contributed by atoms with Gasteiger partial charge in [-0.2, -0.15) is 0 Å². The molecule has 1 heteroatoms. The number of fused-ring (bicyclic) bond motifs is 1. The predicted octanol–water partition coefficient (Wildman–Crippen LogP) is 3.85. The lowest BCUT2D eigenvalue weighted by Gasteiger charge is -2.00. The molecule has 0 unspecified atom stereocenters. The lowest BCUT2D eigenvalue weighted by Crippen LogP contribution is -1.77. The van der Waals surface area contributed by atoms with E-state index in [4.69, 9.17) is 0 Å². The molecule has 0 fully saturated rings. The summed E-state index contributed by atoms with van der Waals surface area (Å²) in [5, 5.41) is 0. The van der Waals surface area contributed by atoms with Crippen LogP contribution in [0.4, 0.5) is 0 Å². The molecule has 16 heavy (non-hydrogen) atoms. The van der Waals surface area contributed by atoms with Crippen molar-refractivity contribution in [3.8, 4) is 22.3 Å². The van der Waals surface area contributed by atoms with Crippen molar-refractivity contribution < 1.29 is 0 Å². The summed E-state index contributed by atoms with van der Waals surface area (Å²) in [5.74, 6) is 0. The molecule has 1 aromatic heterocycles. The minimum atomic E-state index is 1.17. The molecule has 0 aromatic carbocycles. The van der Waals surface area contributed by atoms with Crippen LogP contribution in [-0.2, 0) is 0 Å². The maximum absolute atomic E-state index is 4.16. The third kappa shape index (κ3) is 1.47. The van der Waals surface area contributed by atoms with Gasteiger partial charge in [-0.15, -0.1) is 0 Å². The number of pyridine rings is 1. The molecule has 0 N–H and O–H groups in total. The van der Waals surface area contributed by atoms with Gasteiger partial charge >= 0.3 is 0 Å². The van der Waals surface area contributed by atoms with Crippen LogP contribution in [0.3, 0.4) is 0 Å². The Morgan fingerprint density at radius 3 is 2.31 bits per heavy atom. The Morgan fingerprint density at radius 2 is 1.44 bits per heavy atom. The molecule has 0 aliphatic heterocycles. The summed E-state index contributed by atoms with van der Waals surface area (Å²) in [4.78, 5) is 4.16. The van der Waals surface area contributed by atoms with E-state index in [0.717, 1.165) is 0 Å². The summed E-state index contributed by atoms with van der Waals surface area (Å²) >= 11 is 0. The molecular formula is C15H11N. The zero-order chi connectivity index (χ0) is 10.8. The lowest BCUT2D eigenvalue weighted by molar-refractivity contribution is 1.33. The summed E-state index contributed by atoms with van der Waals surface area (Å²) in [6.45, 7) is 0. The normalized spacial score (nSPS) is 10.5. The van der Waals surface area contributed by atoms with E-state index in [0.29, 0.717) is 0 Å². The van der Waals surface area contributed by atoms with Gasteiger partial charge in [-0.25, -0.2) is 0 Å². The molecule has 1 nitrogen and oxygen atoms in total. The molecule has 0 amide bonds. The van der Waals surface area contributed by atoms with Crippen LogP contribution in [-0.4, -0.2) is 4.98 Å². The van der Waals surface area contributed by atoms with Gasteiger partial charge in [0.2, 0.25) is 0 Å². The van der Waals surface area contributed by atoms with Crippen LogP contribution in [0.2, 0.25) is 0 Å². The first-order chi connectivity index (χ1) is 7.95. The van der Waals surface area contributed by atoms with Gasteiger partial charge in [0.15, 0.2) is 0 Å². The minimum Gasteiger partial charge on any atom is -0.264 e. The highest BCUT2D eigenvalue weighted by molar-refractivity contribution is 5.85. The molecule has 2 aliphatic carbocycles. The summed E-state index contributed by atoms with van der Waals surface area (Å²) in [6, 6.07) is 18.8. The molecule has 1 heterocycles. The Kier molecular flexibility index (Phi) is 2.15. The fourth-order valence-electron chi connectivity index (χ4n) is 1.99. The van der Waals surface area contributed by atoms with Crippen LogP contribution in [0.25, 0.3) is 22.3 Å². The molecular weight excluding hydrogens is 194 g/mol. The van der Waals surface area contributed by atoms with Gasteiger partial charge in [0.1, 0.15) is 0 Å². The third-order valence-corrected chi connectivity index (χ3v) is 2.76. The van der Waals surface area contributed by atoms with E-state index in [1.807, 2.05) is 18.3 Å². The Balaban J connectivity index is 2.22. The van der Waals surface area contributed by atoms with E-state index in [2.05, 4.69) is 47.4 Å². The highest BCUT2D eigenvalue weighted by atomic mass is 14.6. The van der Waals surface area contributed by atoms with Crippen LogP contribution in [0.15, 0.2) is 67.0 Å². The van der Waals surface area contributed by atoms with Gasteiger partial charge < -0.3 is 0 Å². The van der Waals surface area contributed by atoms with Crippen LogP contribution in [0.5, 0.6) is 0 Å². The van der Waals surface area contributed by atoms with Crippen molar-refractivity contribution >= 4 is 0 Å². The van der Waals surface area contributed by atoms with Crippen molar-refractivity contribution in [2.24, 2.45) is 0 Å². The van der Waals surface area contributed by atoms with E-state index in [-0.39, 0.29) is 0 Å². The molecule has 0 saturated heterocycles. The lowest BCUT2D eigenvalue weighted by atomic mass is 10.0. The molecule has 0 bridgehead atoms. The maximum Gasteiger partial charge on any atom is 0.0346 e. The van der Waals surface area contributed by atoms with E-state index in [1.54, 1.807) is 6.20 Å². The van der Waals surface area contributed by atoms with E-state index >= 15 is 0 Å². The molecule has 0 atom stereocenters. The average Bonchev–Trinajstić information content (AvgIpc) is 2.60. The van der Waals surface area contributed by atoms with Gasteiger partial charge in [0.05, 0.1) is 0 Å². The fourth-order valence-corrected chi connectivity index (χ4v) is 1.99. The fraction of sp³-hybridized carbons (Fsp3) is 0. The van der Waals surface area contributed by atoms with Gasteiger partial charge in [0.25, 0.3) is 0 Å². The standard InChI is InChI=1S/C15H11N/c1-2-5-12-8-9-15(14(12)7-3-1)13-6-4-10-16-11-13/h1-11H. The zero-order valence-electron chi connectivity index (χ0n) is 8.80. The summed E-state index contributed by atoms with van der Waals surface area (Å²) in [7, 11) is 0. The van der Waals surface area contributed by atoms with E-state index in [9.17, 15) is 0 Å². The SMILES string of the molecule is c1ccc2ccc(-c3cccnc3)c-2cc1. The van der Waals surface area contributed by atoms with Crippen LogP contribution < -0.4 is 0 Å². The predicted molar refractivity (Wildman–Crippen MR) is 66.3 cm³/mol. The second-order valence-corrected chi connectivity index (χ2v) is 3.77. The molecule has 76 valence electrons. The van der Waals surface area contributed by atoms with E-state index < -0.39 is 0 Å². The van der Waals surface area contributed by atoms with Crippen molar-refractivity contribution in [2.75, 3.05) is 0 Å². The van der Waals surface area contributed by atoms with Crippen molar-refractivity contribution in [2.45, 2.75) is 0 Å². The minimum absolute atomic E-state index is 1.17. The second kappa shape index (κ2) is 3.78. The number of hydrogen-bond donors (Lipinski definition) is 0. The Hall–Kier alpha value is -2.15. The summed E-state index contributed by atoms with van der Waals surface area (Å²) in [6.07, 6.45) is 3.70. The van der Waals surface area contributed by atoms with Crippen molar-refractivity contribution in [1.29, 1.82) is 0 Å². The monoisotopic (exact) mass is 205 g/mol. The van der Waals surface area contributed by atoms with Crippen LogP contribution in [0, 0.1) is 0 Å². The zero-order valence-corrected chi connectivity index (χ0v) is 8.80. The Morgan fingerprint density at radius 1 is 0.625 bits per heavy atom. The molecule has 0 spiro atoms. The maximum atomic E-state index is 4.16. The number of aromatic nitrogens is 1. The van der Waals surface area contributed by atoms with E-state index in [1.165, 1.54) is 22.3 Å². The van der Waals surface area contributed by atoms with Gasteiger partial charge in [-0.3, -0.25) is 4.98 Å². The summed E-state index contributed by atoms with van der Waals surface area (Å²) in [5.41, 5.74) is 4.96.